The molecular formula is C7H13NO. The van der Waals surface area contributed by atoms with Gasteiger partial charge in [0.2, 0.25) is 0 Å². The molecule has 0 aliphatic carbocycles. The maximum absolute atomic E-state index is 4.64. The molecule has 0 aromatic heterocycles. The van der Waals surface area contributed by atoms with Crippen molar-refractivity contribution < 1.29 is 4.74 Å². The van der Waals surface area contributed by atoms with E-state index >= 15 is 0 Å². The molecule has 0 spiro atoms. The quantitative estimate of drug-likeness (QED) is 0.412. The van der Waals surface area contributed by atoms with Crippen LogP contribution in [0, 0.1) is 0 Å². The number of likely N-dealkylation sites (N-methyl/N-ethyl adjacent to an activating group) is 1. The summed E-state index contributed by atoms with van der Waals surface area (Å²) >= 11 is 0. The van der Waals surface area contributed by atoms with Crippen LogP contribution in [0.25, 0.3) is 0 Å². The SMILES string of the molecule is COC=C=CCN(C)C. The molecule has 2 heteroatoms. The fourth-order valence-electron chi connectivity index (χ4n) is 0.351. The first-order valence-electron chi connectivity index (χ1n) is 2.84. The minimum absolute atomic E-state index is 0.903. The van der Waals surface area contributed by atoms with Gasteiger partial charge in [0, 0.05) is 6.54 Å². The van der Waals surface area contributed by atoms with Crippen LogP contribution in [-0.2, 0) is 4.74 Å². The van der Waals surface area contributed by atoms with Crippen LogP contribution in [0.5, 0.6) is 0 Å². The van der Waals surface area contributed by atoms with E-state index in [-0.39, 0.29) is 0 Å². The van der Waals surface area contributed by atoms with E-state index < -0.39 is 0 Å². The third kappa shape index (κ3) is 7.28. The van der Waals surface area contributed by atoms with Crippen molar-refractivity contribution in [2.75, 3.05) is 27.7 Å². The van der Waals surface area contributed by atoms with Crippen LogP contribution in [0.15, 0.2) is 18.1 Å². The molecule has 52 valence electrons. The van der Waals surface area contributed by atoms with Crippen LogP contribution in [0.3, 0.4) is 0 Å². The summed E-state index contributed by atoms with van der Waals surface area (Å²) in [4.78, 5) is 2.05. The molecule has 0 heterocycles. The van der Waals surface area contributed by atoms with Crippen molar-refractivity contribution in [3.05, 3.63) is 18.1 Å². The van der Waals surface area contributed by atoms with Gasteiger partial charge in [0.05, 0.1) is 7.11 Å². The summed E-state index contributed by atoms with van der Waals surface area (Å²) in [7, 11) is 5.62. The number of rotatable bonds is 3. The summed E-state index contributed by atoms with van der Waals surface area (Å²) in [5.74, 6) is 0. The molecule has 0 bridgehead atoms. The normalized spacial score (nSPS) is 8.44. The van der Waals surface area contributed by atoms with Gasteiger partial charge in [-0.2, -0.15) is 0 Å². The number of hydrogen-bond donors (Lipinski definition) is 0. The van der Waals surface area contributed by atoms with Gasteiger partial charge < -0.3 is 9.64 Å². The van der Waals surface area contributed by atoms with Gasteiger partial charge in [-0.05, 0) is 20.2 Å². The zero-order valence-electron chi connectivity index (χ0n) is 6.22. The average Bonchev–Trinajstić information content (AvgIpc) is 1.80. The van der Waals surface area contributed by atoms with E-state index in [4.69, 9.17) is 0 Å². The number of nitrogens with zero attached hydrogens (tertiary/aromatic N) is 1. The molecule has 0 atom stereocenters. The van der Waals surface area contributed by atoms with Gasteiger partial charge in [-0.1, -0.05) is 5.73 Å². The molecule has 9 heavy (non-hydrogen) atoms. The van der Waals surface area contributed by atoms with E-state index in [1.807, 2.05) is 20.2 Å². The van der Waals surface area contributed by atoms with Gasteiger partial charge in [-0.3, -0.25) is 0 Å². The molecule has 0 aliphatic heterocycles. The molecule has 0 aromatic rings. The predicted octanol–water partition coefficient (Wildman–Crippen LogP) is 0.863. The lowest BCUT2D eigenvalue weighted by Crippen LogP contribution is -2.09. The molecular weight excluding hydrogens is 114 g/mol. The van der Waals surface area contributed by atoms with Gasteiger partial charge in [0.15, 0.2) is 0 Å². The number of methoxy groups -OCH3 is 1. The molecule has 0 rings (SSSR count). The molecule has 0 fully saturated rings. The van der Waals surface area contributed by atoms with Crippen molar-refractivity contribution in [3.8, 4) is 0 Å². The van der Waals surface area contributed by atoms with Crippen LogP contribution >= 0.6 is 0 Å². The summed E-state index contributed by atoms with van der Waals surface area (Å²) in [5, 5.41) is 0. The second-order valence-corrected chi connectivity index (χ2v) is 1.99. The van der Waals surface area contributed by atoms with Crippen LogP contribution in [0.2, 0.25) is 0 Å². The molecule has 2 nitrogen and oxygen atoms in total. The molecule has 0 radical (unpaired) electrons. The van der Waals surface area contributed by atoms with Crippen LogP contribution < -0.4 is 0 Å². The first kappa shape index (κ1) is 8.28. The van der Waals surface area contributed by atoms with Gasteiger partial charge in [0.25, 0.3) is 0 Å². The van der Waals surface area contributed by atoms with Crippen LogP contribution in [0.1, 0.15) is 0 Å². The lowest BCUT2D eigenvalue weighted by atomic mass is 10.5. The van der Waals surface area contributed by atoms with Gasteiger partial charge in [-0.25, -0.2) is 0 Å². The summed E-state index contributed by atoms with van der Waals surface area (Å²) < 4.78 is 4.64. The third-order valence-electron chi connectivity index (χ3n) is 0.760. The van der Waals surface area contributed by atoms with E-state index in [9.17, 15) is 0 Å². The minimum atomic E-state index is 0.903. The van der Waals surface area contributed by atoms with Gasteiger partial charge >= 0.3 is 0 Å². The van der Waals surface area contributed by atoms with Gasteiger partial charge in [0.1, 0.15) is 6.26 Å². The molecule has 0 aromatic carbocycles. The average molecular weight is 127 g/mol. The topological polar surface area (TPSA) is 12.5 Å². The smallest absolute Gasteiger partial charge is 0.124 e. The zero-order valence-corrected chi connectivity index (χ0v) is 6.22. The van der Waals surface area contributed by atoms with E-state index in [0.29, 0.717) is 0 Å². The molecule has 0 saturated carbocycles. The Morgan fingerprint density at radius 2 is 2.22 bits per heavy atom. The van der Waals surface area contributed by atoms with Crippen molar-refractivity contribution in [3.63, 3.8) is 0 Å². The monoisotopic (exact) mass is 127 g/mol. The summed E-state index contributed by atoms with van der Waals surface area (Å²) in [5.41, 5.74) is 2.85. The van der Waals surface area contributed by atoms with Gasteiger partial charge in [-0.15, -0.1) is 0 Å². The highest BCUT2D eigenvalue weighted by molar-refractivity contribution is 4.81. The lowest BCUT2D eigenvalue weighted by Gasteiger charge is -2.01. The van der Waals surface area contributed by atoms with Crippen molar-refractivity contribution in [2.45, 2.75) is 0 Å². The van der Waals surface area contributed by atoms with E-state index in [1.54, 1.807) is 7.11 Å². The fourth-order valence-corrected chi connectivity index (χ4v) is 0.351. The summed E-state index contributed by atoms with van der Waals surface area (Å²) in [6, 6.07) is 0. The Balaban J connectivity index is 3.35. The lowest BCUT2D eigenvalue weighted by molar-refractivity contribution is 0.338. The fraction of sp³-hybridized carbons (Fsp3) is 0.571. The Morgan fingerprint density at radius 3 is 2.67 bits per heavy atom. The van der Waals surface area contributed by atoms with Crippen molar-refractivity contribution in [1.29, 1.82) is 0 Å². The van der Waals surface area contributed by atoms with Crippen LogP contribution in [0.4, 0.5) is 0 Å². The highest BCUT2D eigenvalue weighted by Crippen LogP contribution is 1.74. The molecule has 0 aliphatic rings. The third-order valence-corrected chi connectivity index (χ3v) is 0.760. The Morgan fingerprint density at radius 1 is 1.56 bits per heavy atom. The van der Waals surface area contributed by atoms with Crippen molar-refractivity contribution in [1.82, 2.24) is 4.90 Å². The van der Waals surface area contributed by atoms with E-state index in [1.165, 1.54) is 6.26 Å². The second-order valence-electron chi connectivity index (χ2n) is 1.99. The highest BCUT2D eigenvalue weighted by atomic mass is 16.5. The Bertz CT molecular complexity index is 112. The van der Waals surface area contributed by atoms with E-state index in [2.05, 4.69) is 15.4 Å². The largest absolute Gasteiger partial charge is 0.496 e. The first-order valence-corrected chi connectivity index (χ1v) is 2.84. The maximum Gasteiger partial charge on any atom is 0.124 e. The Kier molecular flexibility index (Phi) is 4.98. The van der Waals surface area contributed by atoms with E-state index in [0.717, 1.165) is 6.54 Å². The Labute approximate surface area is 56.4 Å². The van der Waals surface area contributed by atoms with Crippen LogP contribution in [-0.4, -0.2) is 32.6 Å². The van der Waals surface area contributed by atoms with Crippen molar-refractivity contribution >= 4 is 0 Å². The number of hydrogen-bond acceptors (Lipinski definition) is 2. The number of ether oxygens (including phenoxy) is 1. The molecule has 0 saturated heterocycles. The second kappa shape index (κ2) is 5.42. The summed E-state index contributed by atoms with van der Waals surface area (Å²) in [6.45, 7) is 0.903. The highest BCUT2D eigenvalue weighted by Gasteiger charge is 1.77. The molecule has 0 unspecified atom stereocenters. The predicted molar refractivity (Wildman–Crippen MR) is 38.2 cm³/mol. The minimum Gasteiger partial charge on any atom is -0.496 e. The molecule has 0 N–H and O–H groups in total. The Hall–Kier alpha value is -0.720. The zero-order chi connectivity index (χ0) is 7.11. The maximum atomic E-state index is 4.64. The molecule has 0 amide bonds. The standard InChI is InChI=1S/C7H13NO/c1-8(2)6-4-5-7-9-3/h4,7H,6H2,1-3H3. The summed E-state index contributed by atoms with van der Waals surface area (Å²) in [6.07, 6.45) is 3.44. The van der Waals surface area contributed by atoms with Crippen molar-refractivity contribution in [2.24, 2.45) is 0 Å². The first-order chi connectivity index (χ1) is 4.27.